The predicted octanol–water partition coefficient (Wildman–Crippen LogP) is 3.84. The number of aromatic amines is 1. The van der Waals surface area contributed by atoms with E-state index in [0.29, 0.717) is 18.5 Å². The molecule has 4 rings (SSSR count). The Bertz CT molecular complexity index is 975. The van der Waals surface area contributed by atoms with E-state index in [2.05, 4.69) is 31.4 Å². The summed E-state index contributed by atoms with van der Waals surface area (Å²) in [5.41, 5.74) is 0.380. The van der Waals surface area contributed by atoms with E-state index in [1.807, 2.05) is 0 Å². The minimum atomic E-state index is -4.53. The summed E-state index contributed by atoms with van der Waals surface area (Å²) in [6.07, 6.45) is -2.59. The van der Waals surface area contributed by atoms with E-state index in [0.717, 1.165) is 18.1 Å². The van der Waals surface area contributed by atoms with E-state index < -0.39 is 17.8 Å². The largest absolute Gasteiger partial charge is 0.417 e. The summed E-state index contributed by atoms with van der Waals surface area (Å²) >= 11 is 2.88. The lowest BCUT2D eigenvalue weighted by Gasteiger charge is -2.35. The van der Waals surface area contributed by atoms with Crippen molar-refractivity contribution in [2.45, 2.75) is 37.5 Å². The maximum Gasteiger partial charge on any atom is 0.417 e. The summed E-state index contributed by atoms with van der Waals surface area (Å²) in [4.78, 5) is 25.9. The summed E-state index contributed by atoms with van der Waals surface area (Å²) in [5.74, 6) is 0. The Morgan fingerprint density at radius 2 is 2.07 bits per heavy atom. The van der Waals surface area contributed by atoms with Crippen molar-refractivity contribution < 1.29 is 18.0 Å². The Balaban J connectivity index is 1.60. The van der Waals surface area contributed by atoms with Gasteiger partial charge in [-0.3, -0.25) is 4.79 Å². The number of fused-ring (bicyclic) bond motifs is 4. The average molecular weight is 443 g/mol. The van der Waals surface area contributed by atoms with Gasteiger partial charge in [0.15, 0.2) is 0 Å². The number of alkyl halides is 3. The highest BCUT2D eigenvalue weighted by atomic mass is 79.9. The molecule has 2 aromatic rings. The number of hydrogen-bond acceptors (Lipinski definition) is 3. The quantitative estimate of drug-likeness (QED) is 0.703. The number of halogens is 4. The molecular weight excluding hydrogens is 429 g/mol. The van der Waals surface area contributed by atoms with Crippen LogP contribution in [0.2, 0.25) is 0 Å². The van der Waals surface area contributed by atoms with Gasteiger partial charge in [-0.15, -0.1) is 0 Å². The smallest absolute Gasteiger partial charge is 0.313 e. The van der Waals surface area contributed by atoms with Gasteiger partial charge in [0.2, 0.25) is 0 Å². The standard InChI is InChI=1S/C17H14BrF3N4O2/c18-12-3-1-9(7-11(12)17(19,20)21)22-16(27)25-10-2-4-13(25)15-8(5-10)6-14(26)23-24-15/h1,3,6-7,10,13H,2,4-5H2,(H,22,27)(H,23,26)/t10-,13+/m1/s1. The topological polar surface area (TPSA) is 78.1 Å². The van der Waals surface area contributed by atoms with Crippen LogP contribution >= 0.6 is 15.9 Å². The molecule has 1 aromatic carbocycles. The first-order valence-electron chi connectivity index (χ1n) is 8.28. The first-order chi connectivity index (χ1) is 12.7. The summed E-state index contributed by atoms with van der Waals surface area (Å²) in [6, 6.07) is 4.18. The number of benzene rings is 1. The lowest BCUT2D eigenvalue weighted by Crippen LogP contribution is -2.45. The van der Waals surface area contributed by atoms with E-state index in [1.165, 1.54) is 18.2 Å². The highest BCUT2D eigenvalue weighted by Crippen LogP contribution is 2.42. The van der Waals surface area contributed by atoms with Gasteiger partial charge in [-0.1, -0.05) is 15.9 Å². The molecule has 0 saturated carbocycles. The zero-order valence-corrected chi connectivity index (χ0v) is 15.4. The van der Waals surface area contributed by atoms with Crippen LogP contribution in [0.3, 0.4) is 0 Å². The number of nitrogens with zero attached hydrogens (tertiary/aromatic N) is 2. The van der Waals surface area contributed by atoms with Crippen molar-refractivity contribution in [3.63, 3.8) is 0 Å². The highest BCUT2D eigenvalue weighted by Gasteiger charge is 2.44. The van der Waals surface area contributed by atoms with E-state index in [1.54, 1.807) is 4.90 Å². The van der Waals surface area contributed by atoms with Crippen molar-refractivity contribution in [3.05, 3.63) is 55.9 Å². The number of rotatable bonds is 1. The van der Waals surface area contributed by atoms with Gasteiger partial charge in [-0.2, -0.15) is 18.3 Å². The van der Waals surface area contributed by atoms with Gasteiger partial charge in [0.1, 0.15) is 0 Å². The molecule has 1 aromatic heterocycles. The summed E-state index contributed by atoms with van der Waals surface area (Å²) in [7, 11) is 0. The van der Waals surface area contributed by atoms with Crippen molar-refractivity contribution in [1.82, 2.24) is 15.1 Å². The minimum absolute atomic E-state index is 0.0650. The molecule has 2 aliphatic heterocycles. The number of carbonyl (C=O) groups is 1. The van der Waals surface area contributed by atoms with Gasteiger partial charge < -0.3 is 10.2 Å². The second-order valence-corrected chi connectivity index (χ2v) is 7.48. The molecule has 142 valence electrons. The van der Waals surface area contributed by atoms with Crippen molar-refractivity contribution >= 4 is 27.6 Å². The minimum Gasteiger partial charge on any atom is -0.313 e. The lowest BCUT2D eigenvalue weighted by molar-refractivity contribution is -0.138. The number of aromatic nitrogens is 2. The number of hydrogen-bond donors (Lipinski definition) is 2. The molecule has 2 atom stereocenters. The van der Waals surface area contributed by atoms with E-state index in [9.17, 15) is 22.8 Å². The van der Waals surface area contributed by atoms with Crippen LogP contribution in [-0.4, -0.2) is 27.2 Å². The molecule has 10 heteroatoms. The highest BCUT2D eigenvalue weighted by molar-refractivity contribution is 9.10. The molecule has 0 spiro atoms. The SMILES string of the molecule is O=C(Nc1ccc(Br)c(C(F)(F)F)c1)N1[C@@H]2CC[C@H]1c1n[nH]c(=O)cc1C2. The summed E-state index contributed by atoms with van der Waals surface area (Å²) in [5, 5.41) is 9.03. The van der Waals surface area contributed by atoms with Gasteiger partial charge in [0.25, 0.3) is 5.56 Å². The Hall–Kier alpha value is -2.36. The number of urea groups is 1. The van der Waals surface area contributed by atoms with Crippen molar-refractivity contribution in [1.29, 1.82) is 0 Å². The Kier molecular flexibility index (Phi) is 4.25. The van der Waals surface area contributed by atoms with Crippen molar-refractivity contribution in [2.75, 3.05) is 5.32 Å². The molecule has 2 aliphatic rings. The number of carbonyl (C=O) groups excluding carboxylic acids is 1. The van der Waals surface area contributed by atoms with Gasteiger partial charge in [-0.05, 0) is 43.0 Å². The van der Waals surface area contributed by atoms with E-state index >= 15 is 0 Å². The lowest BCUT2D eigenvalue weighted by atomic mass is 9.99. The third kappa shape index (κ3) is 3.22. The monoisotopic (exact) mass is 442 g/mol. The van der Waals surface area contributed by atoms with Crippen LogP contribution in [0.25, 0.3) is 0 Å². The molecule has 1 fully saturated rings. The van der Waals surface area contributed by atoms with Gasteiger partial charge >= 0.3 is 12.2 Å². The van der Waals surface area contributed by atoms with Crippen LogP contribution in [0, 0.1) is 0 Å². The molecule has 0 unspecified atom stereocenters. The normalized spacial score (nSPS) is 21.1. The van der Waals surface area contributed by atoms with Crippen molar-refractivity contribution in [2.24, 2.45) is 0 Å². The van der Waals surface area contributed by atoms with Gasteiger partial charge in [0, 0.05) is 22.3 Å². The number of amides is 2. The summed E-state index contributed by atoms with van der Waals surface area (Å²) in [6.45, 7) is 0. The molecule has 27 heavy (non-hydrogen) atoms. The van der Waals surface area contributed by atoms with Crippen molar-refractivity contribution in [3.8, 4) is 0 Å². The molecule has 3 heterocycles. The average Bonchev–Trinajstić information content (AvgIpc) is 2.91. The molecule has 2 amide bonds. The fourth-order valence-electron chi connectivity index (χ4n) is 3.82. The maximum absolute atomic E-state index is 13.1. The Labute approximate surface area is 159 Å². The number of H-pyrrole nitrogens is 1. The number of anilines is 1. The van der Waals surface area contributed by atoms with Crippen LogP contribution in [0.4, 0.5) is 23.7 Å². The van der Waals surface area contributed by atoms with E-state index in [4.69, 9.17) is 0 Å². The van der Waals surface area contributed by atoms with Crippen LogP contribution in [0.5, 0.6) is 0 Å². The molecule has 1 saturated heterocycles. The first-order valence-corrected chi connectivity index (χ1v) is 9.08. The predicted molar refractivity (Wildman–Crippen MR) is 94.3 cm³/mol. The Morgan fingerprint density at radius 1 is 1.30 bits per heavy atom. The van der Waals surface area contributed by atoms with Crippen LogP contribution in [-0.2, 0) is 12.6 Å². The zero-order chi connectivity index (χ0) is 19.3. The fraction of sp³-hybridized carbons (Fsp3) is 0.353. The summed E-state index contributed by atoms with van der Waals surface area (Å²) < 4.78 is 39.1. The first kappa shape index (κ1) is 18.0. The van der Waals surface area contributed by atoms with Crippen LogP contribution < -0.4 is 10.9 Å². The molecular formula is C17H14BrF3N4O2. The molecule has 6 nitrogen and oxygen atoms in total. The fourth-order valence-corrected chi connectivity index (χ4v) is 4.30. The van der Waals surface area contributed by atoms with Crippen LogP contribution in [0.1, 0.15) is 35.7 Å². The van der Waals surface area contributed by atoms with Gasteiger partial charge in [0.05, 0.1) is 17.3 Å². The molecule has 2 bridgehead atoms. The third-order valence-electron chi connectivity index (χ3n) is 4.95. The second-order valence-electron chi connectivity index (χ2n) is 6.62. The Morgan fingerprint density at radius 3 is 2.81 bits per heavy atom. The van der Waals surface area contributed by atoms with E-state index in [-0.39, 0.29) is 27.8 Å². The third-order valence-corrected chi connectivity index (χ3v) is 5.64. The number of nitrogens with one attached hydrogen (secondary N) is 2. The maximum atomic E-state index is 13.1. The van der Waals surface area contributed by atoms with Gasteiger partial charge in [-0.25, -0.2) is 9.89 Å². The second kappa shape index (κ2) is 6.36. The molecule has 2 N–H and O–H groups in total. The molecule has 0 radical (unpaired) electrons. The zero-order valence-electron chi connectivity index (χ0n) is 13.8. The van der Waals surface area contributed by atoms with Crippen LogP contribution in [0.15, 0.2) is 33.5 Å². The molecule has 0 aliphatic carbocycles.